The number of fused-ring (bicyclic) bond motifs is 4. The molecule has 1 aliphatic heterocycles. The maximum absolute atomic E-state index is 13.7. The SMILES string of the molecule is CP1(=O)c2ccccc2-c2c(-c3cc(-c4cccnc4)c4ccccc4c3)cccc21. The summed E-state index contributed by atoms with van der Waals surface area (Å²) in [6.07, 6.45) is 3.71. The first-order chi connectivity index (χ1) is 15.1. The lowest BCUT2D eigenvalue weighted by Crippen LogP contribution is -2.07. The minimum Gasteiger partial charge on any atom is -0.314 e. The van der Waals surface area contributed by atoms with E-state index >= 15 is 0 Å². The van der Waals surface area contributed by atoms with Gasteiger partial charge in [0.1, 0.15) is 7.14 Å². The number of rotatable bonds is 2. The quantitative estimate of drug-likeness (QED) is 0.307. The Bertz CT molecular complexity index is 1520. The Morgan fingerprint density at radius 1 is 0.677 bits per heavy atom. The van der Waals surface area contributed by atoms with Crippen LogP contribution in [0.4, 0.5) is 0 Å². The Hall–Kier alpha value is -3.48. The summed E-state index contributed by atoms with van der Waals surface area (Å²) in [7, 11) is -2.60. The molecule has 0 fully saturated rings. The molecule has 0 radical (unpaired) electrons. The van der Waals surface area contributed by atoms with Crippen molar-refractivity contribution in [3.8, 4) is 33.4 Å². The molecule has 0 amide bonds. The van der Waals surface area contributed by atoms with Crippen molar-refractivity contribution >= 4 is 28.5 Å². The molecule has 1 aliphatic rings. The molecule has 3 heteroatoms. The highest BCUT2D eigenvalue weighted by Gasteiger charge is 2.35. The summed E-state index contributed by atoms with van der Waals surface area (Å²) in [5, 5.41) is 4.31. The minimum absolute atomic E-state index is 0.960. The summed E-state index contributed by atoms with van der Waals surface area (Å²) in [5.74, 6) is 0. The molecular weight excluding hydrogens is 397 g/mol. The zero-order chi connectivity index (χ0) is 21.0. The van der Waals surface area contributed by atoms with Gasteiger partial charge in [0.15, 0.2) is 0 Å². The van der Waals surface area contributed by atoms with E-state index in [-0.39, 0.29) is 0 Å². The van der Waals surface area contributed by atoms with Crippen molar-refractivity contribution in [2.75, 3.05) is 6.66 Å². The van der Waals surface area contributed by atoms with Crippen molar-refractivity contribution < 1.29 is 4.57 Å². The fraction of sp³-hybridized carbons (Fsp3) is 0.0357. The van der Waals surface area contributed by atoms with Crippen LogP contribution in [-0.2, 0) is 4.57 Å². The Labute approximate surface area is 181 Å². The topological polar surface area (TPSA) is 30.0 Å². The molecule has 1 aromatic heterocycles. The normalized spacial score (nSPS) is 16.8. The molecule has 4 aromatic carbocycles. The lowest BCUT2D eigenvalue weighted by Gasteiger charge is -2.14. The molecule has 1 unspecified atom stereocenters. The maximum Gasteiger partial charge on any atom is 0.141 e. The molecule has 0 saturated carbocycles. The van der Waals surface area contributed by atoms with Gasteiger partial charge in [0.2, 0.25) is 0 Å². The molecule has 0 bridgehead atoms. The van der Waals surface area contributed by atoms with E-state index in [0.29, 0.717) is 0 Å². The van der Waals surface area contributed by atoms with Gasteiger partial charge < -0.3 is 4.57 Å². The fourth-order valence-corrected chi connectivity index (χ4v) is 7.15. The first-order valence-corrected chi connectivity index (χ1v) is 12.5. The molecule has 2 nitrogen and oxygen atoms in total. The van der Waals surface area contributed by atoms with E-state index < -0.39 is 7.14 Å². The summed E-state index contributed by atoms with van der Waals surface area (Å²) in [5.41, 5.74) is 6.71. The number of aromatic nitrogens is 1. The van der Waals surface area contributed by atoms with E-state index in [1.807, 2.05) is 49.3 Å². The highest BCUT2D eigenvalue weighted by molar-refractivity contribution is 7.79. The van der Waals surface area contributed by atoms with Gasteiger partial charge in [0.25, 0.3) is 0 Å². The van der Waals surface area contributed by atoms with Crippen molar-refractivity contribution in [1.29, 1.82) is 0 Å². The number of hydrogen-bond acceptors (Lipinski definition) is 2. The highest BCUT2D eigenvalue weighted by Crippen LogP contribution is 2.52. The molecule has 0 saturated heterocycles. The zero-order valence-corrected chi connectivity index (χ0v) is 18.0. The second kappa shape index (κ2) is 6.77. The predicted molar refractivity (Wildman–Crippen MR) is 131 cm³/mol. The number of hydrogen-bond donors (Lipinski definition) is 0. The third-order valence-corrected chi connectivity index (χ3v) is 8.88. The van der Waals surface area contributed by atoms with E-state index in [0.717, 1.165) is 44.0 Å². The smallest absolute Gasteiger partial charge is 0.141 e. The van der Waals surface area contributed by atoms with Gasteiger partial charge in [0, 0.05) is 34.1 Å². The molecule has 148 valence electrons. The first-order valence-electron chi connectivity index (χ1n) is 10.4. The van der Waals surface area contributed by atoms with Crippen molar-refractivity contribution in [3.63, 3.8) is 0 Å². The molecule has 5 aromatic rings. The van der Waals surface area contributed by atoms with Gasteiger partial charge >= 0.3 is 0 Å². The number of nitrogens with zero attached hydrogens (tertiary/aromatic N) is 1. The van der Waals surface area contributed by atoms with Gasteiger partial charge in [-0.2, -0.15) is 0 Å². The molecule has 2 heterocycles. The standard InChI is InChI=1S/C28H20NOP/c1-31(30)26-13-5-4-11-24(26)28-23(12-6-14-27(28)31)21-16-19-8-2-3-10-22(19)25(17-21)20-9-7-15-29-18-20/h2-18H,1H3. The zero-order valence-electron chi connectivity index (χ0n) is 17.1. The van der Waals surface area contributed by atoms with Crippen LogP contribution in [0.5, 0.6) is 0 Å². The predicted octanol–water partition coefficient (Wildman–Crippen LogP) is 6.49. The third-order valence-electron chi connectivity index (χ3n) is 6.28. The Balaban J connectivity index is 1.68. The van der Waals surface area contributed by atoms with Gasteiger partial charge in [0.05, 0.1) is 0 Å². The van der Waals surface area contributed by atoms with Gasteiger partial charge in [-0.1, -0.05) is 72.8 Å². The van der Waals surface area contributed by atoms with Gasteiger partial charge in [-0.25, -0.2) is 0 Å². The molecule has 1 atom stereocenters. The maximum atomic E-state index is 13.7. The monoisotopic (exact) mass is 417 g/mol. The van der Waals surface area contributed by atoms with Crippen molar-refractivity contribution in [1.82, 2.24) is 4.98 Å². The van der Waals surface area contributed by atoms with Crippen LogP contribution in [0.3, 0.4) is 0 Å². The van der Waals surface area contributed by atoms with Gasteiger partial charge in [-0.15, -0.1) is 0 Å². The first kappa shape index (κ1) is 18.3. The highest BCUT2D eigenvalue weighted by atomic mass is 31.2. The number of pyridine rings is 1. The van der Waals surface area contributed by atoms with E-state index in [2.05, 4.69) is 59.6 Å². The van der Waals surface area contributed by atoms with Crippen molar-refractivity contribution in [3.05, 3.63) is 103 Å². The Morgan fingerprint density at radius 2 is 1.45 bits per heavy atom. The van der Waals surface area contributed by atoms with Crippen LogP contribution >= 0.6 is 7.14 Å². The van der Waals surface area contributed by atoms with Gasteiger partial charge in [-0.05, 0) is 57.9 Å². The van der Waals surface area contributed by atoms with Crippen molar-refractivity contribution in [2.45, 2.75) is 0 Å². The second-order valence-electron chi connectivity index (χ2n) is 8.13. The summed E-state index contributed by atoms with van der Waals surface area (Å²) in [6, 6.07) is 31.4. The molecule has 0 N–H and O–H groups in total. The molecule has 6 rings (SSSR count). The van der Waals surface area contributed by atoms with Crippen molar-refractivity contribution in [2.24, 2.45) is 0 Å². The van der Waals surface area contributed by atoms with E-state index in [1.54, 1.807) is 6.20 Å². The van der Waals surface area contributed by atoms with Gasteiger partial charge in [-0.3, -0.25) is 4.98 Å². The average molecular weight is 417 g/mol. The molecular formula is C28H20NOP. The lowest BCUT2D eigenvalue weighted by molar-refractivity contribution is 0.591. The largest absolute Gasteiger partial charge is 0.314 e. The van der Waals surface area contributed by atoms with E-state index in [1.165, 1.54) is 10.8 Å². The molecule has 0 spiro atoms. The Kier molecular flexibility index (Phi) is 4.00. The lowest BCUT2D eigenvalue weighted by atomic mass is 9.90. The summed E-state index contributed by atoms with van der Waals surface area (Å²) >= 11 is 0. The van der Waals surface area contributed by atoms with Crippen LogP contribution in [0, 0.1) is 0 Å². The summed E-state index contributed by atoms with van der Waals surface area (Å²) in [6.45, 7) is 1.89. The Morgan fingerprint density at radius 3 is 2.32 bits per heavy atom. The van der Waals surface area contributed by atoms with E-state index in [9.17, 15) is 4.57 Å². The summed E-state index contributed by atoms with van der Waals surface area (Å²) in [4.78, 5) is 4.34. The van der Waals surface area contributed by atoms with Crippen LogP contribution in [0.25, 0.3) is 44.2 Å². The molecule has 31 heavy (non-hydrogen) atoms. The van der Waals surface area contributed by atoms with Crippen LogP contribution < -0.4 is 10.6 Å². The molecule has 0 aliphatic carbocycles. The van der Waals surface area contributed by atoms with Crippen LogP contribution in [0.15, 0.2) is 103 Å². The van der Waals surface area contributed by atoms with Crippen LogP contribution in [0.2, 0.25) is 0 Å². The number of benzene rings is 4. The van der Waals surface area contributed by atoms with Crippen LogP contribution in [-0.4, -0.2) is 11.6 Å². The second-order valence-corrected chi connectivity index (χ2v) is 10.9. The minimum atomic E-state index is -2.60. The summed E-state index contributed by atoms with van der Waals surface area (Å²) < 4.78 is 13.7. The van der Waals surface area contributed by atoms with E-state index in [4.69, 9.17) is 0 Å². The third kappa shape index (κ3) is 2.72. The average Bonchev–Trinajstić information content (AvgIpc) is 3.06. The van der Waals surface area contributed by atoms with Crippen LogP contribution in [0.1, 0.15) is 0 Å². The fourth-order valence-electron chi connectivity index (χ4n) is 4.83.